The van der Waals surface area contributed by atoms with Crippen LogP contribution in [0.3, 0.4) is 0 Å². The predicted molar refractivity (Wildman–Crippen MR) is 81.8 cm³/mol. The Morgan fingerprint density at radius 3 is 2.95 bits per heavy atom. The average molecular weight is 317 g/mol. The van der Waals surface area contributed by atoms with Crippen molar-refractivity contribution in [3.05, 3.63) is 18.2 Å². The number of aromatic nitrogens is 2. The minimum atomic E-state index is -2.57. The Kier molecular flexibility index (Phi) is 5.08. The summed E-state index contributed by atoms with van der Waals surface area (Å²) in [4.78, 5) is 10.4. The molecule has 5 nitrogen and oxygen atoms in total. The van der Waals surface area contributed by atoms with Crippen LogP contribution in [0.5, 0.6) is 0 Å². The van der Waals surface area contributed by atoms with Gasteiger partial charge in [0.1, 0.15) is 5.82 Å². The first-order chi connectivity index (χ1) is 9.93. The monoisotopic (exact) mass is 317 g/mol. The summed E-state index contributed by atoms with van der Waals surface area (Å²) in [6.07, 6.45) is 2.66. The summed E-state index contributed by atoms with van der Waals surface area (Å²) in [6, 6.07) is 0. The summed E-state index contributed by atoms with van der Waals surface area (Å²) in [5.74, 6) is 2.06. The molecule has 0 radical (unpaired) electrons. The Morgan fingerprint density at radius 1 is 1.57 bits per heavy atom. The van der Waals surface area contributed by atoms with Gasteiger partial charge in [-0.05, 0) is 13.8 Å². The van der Waals surface area contributed by atoms with Crippen molar-refractivity contribution in [1.29, 1.82) is 0 Å². The lowest BCUT2D eigenvalue weighted by atomic mass is 10.2. The van der Waals surface area contributed by atoms with E-state index in [0.29, 0.717) is 5.82 Å². The molecule has 1 aromatic heterocycles. The lowest BCUT2D eigenvalue weighted by molar-refractivity contribution is 0.0668. The molecular weight excluding hydrogens is 296 g/mol. The van der Waals surface area contributed by atoms with Gasteiger partial charge in [-0.1, -0.05) is 0 Å². The highest BCUT2D eigenvalue weighted by molar-refractivity contribution is 8.00. The van der Waals surface area contributed by atoms with Crippen molar-refractivity contribution >= 4 is 17.7 Å². The molecule has 1 aromatic rings. The zero-order chi connectivity index (χ0) is 15.5. The number of aliphatic imine (C=N–C) groups is 1. The molecule has 0 bridgehead atoms. The first kappa shape index (κ1) is 16.1. The van der Waals surface area contributed by atoms with E-state index in [0.717, 1.165) is 29.4 Å². The maximum absolute atomic E-state index is 12.8. The van der Waals surface area contributed by atoms with Crippen LogP contribution in [0.2, 0.25) is 0 Å². The van der Waals surface area contributed by atoms with Gasteiger partial charge in [-0.15, -0.1) is 0 Å². The lowest BCUT2D eigenvalue weighted by Crippen LogP contribution is -2.50. The topological polar surface area (TPSA) is 45.5 Å². The number of rotatable bonds is 3. The van der Waals surface area contributed by atoms with E-state index < -0.39 is 6.55 Å². The normalized spacial score (nSPS) is 19.1. The van der Waals surface area contributed by atoms with Gasteiger partial charge in [0.25, 0.3) is 0 Å². The number of guanidine groups is 1. The summed E-state index contributed by atoms with van der Waals surface area (Å²) in [7, 11) is 1.71. The molecule has 0 unspecified atom stereocenters. The molecule has 0 saturated carbocycles. The van der Waals surface area contributed by atoms with E-state index in [4.69, 9.17) is 0 Å². The van der Waals surface area contributed by atoms with Gasteiger partial charge in [-0.25, -0.2) is 4.98 Å². The fourth-order valence-corrected chi connectivity index (χ4v) is 3.46. The Hall–Kier alpha value is -1.31. The standard InChI is InChI=1S/C13H21F2N5S/c1-13(2)9-19(6-7-21-13)12(16-3)18-8-10-17-4-5-20(10)11(14)15/h4-5,11H,6-9H2,1-3H3,(H,16,18). The molecule has 0 atom stereocenters. The third-order valence-electron chi connectivity index (χ3n) is 3.30. The molecule has 1 aliphatic heterocycles. The van der Waals surface area contributed by atoms with Gasteiger partial charge in [0.15, 0.2) is 5.96 Å². The Balaban J connectivity index is 1.98. The number of nitrogens with one attached hydrogen (secondary N) is 1. The first-order valence-corrected chi connectivity index (χ1v) is 7.81. The third kappa shape index (κ3) is 4.09. The molecule has 1 N–H and O–H groups in total. The number of alkyl halides is 2. The van der Waals surface area contributed by atoms with Crippen LogP contribution in [0.15, 0.2) is 17.4 Å². The molecule has 0 spiro atoms. The first-order valence-electron chi connectivity index (χ1n) is 6.82. The molecule has 1 aliphatic rings. The van der Waals surface area contributed by atoms with Crippen molar-refractivity contribution in [2.45, 2.75) is 31.7 Å². The van der Waals surface area contributed by atoms with Gasteiger partial charge in [-0.2, -0.15) is 20.5 Å². The van der Waals surface area contributed by atoms with Crippen LogP contribution >= 0.6 is 11.8 Å². The lowest BCUT2D eigenvalue weighted by Gasteiger charge is -2.39. The minimum absolute atomic E-state index is 0.164. The van der Waals surface area contributed by atoms with Gasteiger partial charge in [0.05, 0.1) is 6.54 Å². The molecular formula is C13H21F2N5S. The predicted octanol–water partition coefficient (Wildman–Crippen LogP) is 2.18. The molecule has 0 amide bonds. The van der Waals surface area contributed by atoms with E-state index in [9.17, 15) is 8.78 Å². The maximum atomic E-state index is 12.8. The molecule has 1 saturated heterocycles. The zero-order valence-electron chi connectivity index (χ0n) is 12.5. The number of hydrogen-bond donors (Lipinski definition) is 1. The molecule has 21 heavy (non-hydrogen) atoms. The minimum Gasteiger partial charge on any atom is -0.349 e. The number of hydrogen-bond acceptors (Lipinski definition) is 3. The molecule has 1 fully saturated rings. The van der Waals surface area contributed by atoms with Gasteiger partial charge >= 0.3 is 6.55 Å². The van der Waals surface area contributed by atoms with Crippen molar-refractivity contribution in [3.8, 4) is 0 Å². The second kappa shape index (κ2) is 6.64. The second-order valence-corrected chi connectivity index (χ2v) is 7.26. The van der Waals surface area contributed by atoms with Gasteiger partial charge in [0.2, 0.25) is 0 Å². The number of halogens is 2. The van der Waals surface area contributed by atoms with E-state index in [1.54, 1.807) is 7.05 Å². The largest absolute Gasteiger partial charge is 0.349 e. The highest BCUT2D eigenvalue weighted by Gasteiger charge is 2.28. The van der Waals surface area contributed by atoms with Gasteiger partial charge in [-0.3, -0.25) is 9.56 Å². The van der Waals surface area contributed by atoms with Crippen LogP contribution in [0.4, 0.5) is 8.78 Å². The van der Waals surface area contributed by atoms with E-state index in [2.05, 4.69) is 34.0 Å². The second-order valence-electron chi connectivity index (χ2n) is 5.46. The van der Waals surface area contributed by atoms with Crippen molar-refractivity contribution in [3.63, 3.8) is 0 Å². The number of thioether (sulfide) groups is 1. The summed E-state index contributed by atoms with van der Waals surface area (Å²) >= 11 is 1.93. The zero-order valence-corrected chi connectivity index (χ0v) is 13.3. The third-order valence-corrected chi connectivity index (χ3v) is 4.60. The molecule has 8 heteroatoms. The fourth-order valence-electron chi connectivity index (χ4n) is 2.35. The van der Waals surface area contributed by atoms with E-state index >= 15 is 0 Å². The SMILES string of the molecule is CN=C(NCc1nccn1C(F)F)N1CCSC(C)(C)C1. The van der Waals surface area contributed by atoms with Crippen molar-refractivity contribution in [2.24, 2.45) is 4.99 Å². The van der Waals surface area contributed by atoms with Crippen molar-refractivity contribution in [2.75, 3.05) is 25.9 Å². The molecule has 118 valence electrons. The molecule has 2 heterocycles. The van der Waals surface area contributed by atoms with E-state index in [1.807, 2.05) is 11.8 Å². The van der Waals surface area contributed by atoms with E-state index in [1.165, 1.54) is 12.4 Å². The van der Waals surface area contributed by atoms with Crippen LogP contribution in [0, 0.1) is 0 Å². The van der Waals surface area contributed by atoms with Crippen molar-refractivity contribution < 1.29 is 8.78 Å². The Bertz CT molecular complexity index is 501. The van der Waals surface area contributed by atoms with Crippen LogP contribution in [-0.4, -0.2) is 51.0 Å². The highest BCUT2D eigenvalue weighted by atomic mass is 32.2. The number of imidazole rings is 1. The van der Waals surface area contributed by atoms with Crippen molar-refractivity contribution in [1.82, 2.24) is 19.8 Å². The Morgan fingerprint density at radius 2 is 2.33 bits per heavy atom. The fraction of sp³-hybridized carbons (Fsp3) is 0.692. The van der Waals surface area contributed by atoms with Crippen LogP contribution in [-0.2, 0) is 6.54 Å². The van der Waals surface area contributed by atoms with Gasteiger partial charge in [0, 0.05) is 43.0 Å². The molecule has 2 rings (SSSR count). The maximum Gasteiger partial charge on any atom is 0.319 e. The Labute approximate surface area is 127 Å². The summed E-state index contributed by atoms with van der Waals surface area (Å²) in [6.45, 7) is 3.82. The quantitative estimate of drug-likeness (QED) is 0.686. The highest BCUT2D eigenvalue weighted by Crippen LogP contribution is 2.29. The molecule has 0 aromatic carbocycles. The summed E-state index contributed by atoms with van der Waals surface area (Å²) in [5, 5.41) is 3.12. The van der Waals surface area contributed by atoms with Crippen LogP contribution in [0.25, 0.3) is 0 Å². The summed E-state index contributed by atoms with van der Waals surface area (Å²) < 4.78 is 26.6. The average Bonchev–Trinajstić information content (AvgIpc) is 2.87. The smallest absolute Gasteiger partial charge is 0.319 e. The van der Waals surface area contributed by atoms with Crippen LogP contribution in [0.1, 0.15) is 26.2 Å². The summed E-state index contributed by atoms with van der Waals surface area (Å²) in [5.41, 5.74) is 0. The van der Waals surface area contributed by atoms with E-state index in [-0.39, 0.29) is 11.3 Å². The van der Waals surface area contributed by atoms with Gasteiger partial charge < -0.3 is 10.2 Å². The number of nitrogens with zero attached hydrogens (tertiary/aromatic N) is 4. The van der Waals surface area contributed by atoms with Crippen LogP contribution < -0.4 is 5.32 Å². The molecule has 0 aliphatic carbocycles.